The fourth-order valence-electron chi connectivity index (χ4n) is 3.17. The lowest BCUT2D eigenvalue weighted by Crippen LogP contribution is -2.43. The molecule has 134 valence electrons. The number of aromatic amines is 1. The van der Waals surface area contributed by atoms with Crippen LogP contribution in [0, 0.1) is 5.82 Å². The van der Waals surface area contributed by atoms with Gasteiger partial charge >= 0.3 is 0 Å². The van der Waals surface area contributed by atoms with Crippen LogP contribution in [0.1, 0.15) is 12.0 Å². The van der Waals surface area contributed by atoms with E-state index in [1.807, 2.05) is 0 Å². The molecule has 0 saturated carbocycles. The van der Waals surface area contributed by atoms with Crippen LogP contribution in [0.15, 0.2) is 29.2 Å². The maximum absolute atomic E-state index is 14.0. The SMILES string of the molecule is COc1ccc(-c2cn[nH]c(=O)c2CCCN2CCNCC2)cc1F. The summed E-state index contributed by atoms with van der Waals surface area (Å²) in [4.78, 5) is 14.6. The molecule has 25 heavy (non-hydrogen) atoms. The average Bonchev–Trinajstić information content (AvgIpc) is 2.64. The van der Waals surface area contributed by atoms with Gasteiger partial charge in [-0.2, -0.15) is 5.10 Å². The standard InChI is InChI=1S/C18H23FN4O2/c1-25-17-5-4-13(11-16(17)19)15-12-21-22-18(24)14(15)3-2-8-23-9-6-20-7-10-23/h4-5,11-12,20H,2-3,6-10H2,1H3,(H,22,24). The van der Waals surface area contributed by atoms with Gasteiger partial charge in [0.1, 0.15) is 0 Å². The Balaban J connectivity index is 1.77. The Morgan fingerprint density at radius 3 is 2.84 bits per heavy atom. The molecule has 6 nitrogen and oxygen atoms in total. The molecule has 0 bridgehead atoms. The Kier molecular flexibility index (Phi) is 5.78. The summed E-state index contributed by atoms with van der Waals surface area (Å²) >= 11 is 0. The van der Waals surface area contributed by atoms with Crippen molar-refractivity contribution in [2.24, 2.45) is 0 Å². The Labute approximate surface area is 146 Å². The predicted molar refractivity (Wildman–Crippen MR) is 94.4 cm³/mol. The van der Waals surface area contributed by atoms with Gasteiger partial charge in [-0.15, -0.1) is 0 Å². The van der Waals surface area contributed by atoms with Gasteiger partial charge in [-0.25, -0.2) is 9.49 Å². The van der Waals surface area contributed by atoms with E-state index in [2.05, 4.69) is 20.4 Å². The van der Waals surface area contributed by atoms with Gasteiger partial charge in [-0.1, -0.05) is 6.07 Å². The summed E-state index contributed by atoms with van der Waals surface area (Å²) in [6.45, 7) is 5.02. The maximum atomic E-state index is 14.0. The normalized spacial score (nSPS) is 15.3. The third-order valence-electron chi connectivity index (χ3n) is 4.53. The molecule has 1 fully saturated rings. The van der Waals surface area contributed by atoms with Crippen LogP contribution in [0.5, 0.6) is 5.75 Å². The van der Waals surface area contributed by atoms with Crippen LogP contribution in [0.4, 0.5) is 4.39 Å². The number of halogens is 1. The number of ether oxygens (including phenoxy) is 1. The van der Waals surface area contributed by atoms with Crippen molar-refractivity contribution in [3.05, 3.63) is 46.1 Å². The topological polar surface area (TPSA) is 70.2 Å². The highest BCUT2D eigenvalue weighted by molar-refractivity contribution is 5.66. The third-order valence-corrected chi connectivity index (χ3v) is 4.53. The minimum absolute atomic E-state index is 0.182. The van der Waals surface area contributed by atoms with Gasteiger partial charge < -0.3 is 15.0 Å². The molecule has 1 aromatic heterocycles. The molecule has 2 heterocycles. The lowest BCUT2D eigenvalue weighted by atomic mass is 9.99. The first-order valence-electron chi connectivity index (χ1n) is 8.52. The number of piperazine rings is 1. The molecular formula is C18H23FN4O2. The number of hydrogen-bond acceptors (Lipinski definition) is 5. The van der Waals surface area contributed by atoms with Crippen LogP contribution >= 0.6 is 0 Å². The third kappa shape index (κ3) is 4.24. The van der Waals surface area contributed by atoms with Crippen LogP contribution < -0.4 is 15.6 Å². The Bertz CT molecular complexity index is 772. The minimum Gasteiger partial charge on any atom is -0.494 e. The molecule has 1 aliphatic heterocycles. The first kappa shape index (κ1) is 17.6. The largest absolute Gasteiger partial charge is 0.494 e. The minimum atomic E-state index is -0.452. The number of H-pyrrole nitrogens is 1. The summed E-state index contributed by atoms with van der Waals surface area (Å²) < 4.78 is 19.0. The van der Waals surface area contributed by atoms with Crippen LogP contribution in [0.25, 0.3) is 11.1 Å². The molecular weight excluding hydrogens is 323 g/mol. The Morgan fingerprint density at radius 2 is 2.12 bits per heavy atom. The van der Waals surface area contributed by atoms with Gasteiger partial charge in [0.15, 0.2) is 11.6 Å². The molecule has 0 atom stereocenters. The number of nitrogens with one attached hydrogen (secondary N) is 2. The van der Waals surface area contributed by atoms with Crippen molar-refractivity contribution >= 4 is 0 Å². The van der Waals surface area contributed by atoms with E-state index in [4.69, 9.17) is 4.74 Å². The molecule has 3 rings (SSSR count). The first-order valence-corrected chi connectivity index (χ1v) is 8.52. The highest BCUT2D eigenvalue weighted by Crippen LogP contribution is 2.26. The summed E-state index contributed by atoms with van der Waals surface area (Å²) in [6, 6.07) is 4.70. The van der Waals surface area contributed by atoms with Crippen molar-refractivity contribution in [2.45, 2.75) is 12.8 Å². The van der Waals surface area contributed by atoms with E-state index in [1.54, 1.807) is 18.3 Å². The van der Waals surface area contributed by atoms with E-state index in [0.717, 1.165) is 39.1 Å². The molecule has 0 unspecified atom stereocenters. The van der Waals surface area contributed by atoms with Gasteiger partial charge in [-0.05, 0) is 37.1 Å². The molecule has 0 amide bonds. The van der Waals surface area contributed by atoms with E-state index in [0.29, 0.717) is 23.1 Å². The summed E-state index contributed by atoms with van der Waals surface area (Å²) in [5.74, 6) is -0.270. The number of benzene rings is 1. The second-order valence-corrected chi connectivity index (χ2v) is 6.14. The Morgan fingerprint density at radius 1 is 1.32 bits per heavy atom. The molecule has 0 radical (unpaired) electrons. The van der Waals surface area contributed by atoms with E-state index in [-0.39, 0.29) is 11.3 Å². The van der Waals surface area contributed by atoms with E-state index in [9.17, 15) is 9.18 Å². The van der Waals surface area contributed by atoms with Crippen LogP contribution in [-0.4, -0.2) is 54.9 Å². The summed E-state index contributed by atoms with van der Waals surface area (Å²) in [7, 11) is 1.43. The van der Waals surface area contributed by atoms with Crippen molar-refractivity contribution < 1.29 is 9.13 Å². The van der Waals surface area contributed by atoms with Crippen molar-refractivity contribution in [3.63, 3.8) is 0 Å². The number of rotatable bonds is 6. The fourth-order valence-corrected chi connectivity index (χ4v) is 3.17. The van der Waals surface area contributed by atoms with Crippen LogP contribution in [0.3, 0.4) is 0 Å². The zero-order valence-corrected chi connectivity index (χ0v) is 14.3. The van der Waals surface area contributed by atoms with Gasteiger partial charge in [0, 0.05) is 37.3 Å². The number of methoxy groups -OCH3 is 1. The summed E-state index contributed by atoms with van der Waals surface area (Å²) in [5, 5.41) is 9.70. The molecule has 1 aliphatic rings. The van der Waals surface area contributed by atoms with Gasteiger partial charge in [0.05, 0.1) is 13.3 Å². The van der Waals surface area contributed by atoms with Crippen LogP contribution in [0.2, 0.25) is 0 Å². The average molecular weight is 346 g/mol. The predicted octanol–water partition coefficient (Wildman–Crippen LogP) is 1.42. The molecule has 2 N–H and O–H groups in total. The van der Waals surface area contributed by atoms with E-state index in [1.165, 1.54) is 13.2 Å². The number of hydrogen-bond donors (Lipinski definition) is 2. The fraction of sp³-hybridized carbons (Fsp3) is 0.444. The van der Waals surface area contributed by atoms with Crippen molar-refractivity contribution in [1.29, 1.82) is 0 Å². The first-order chi connectivity index (χ1) is 12.2. The van der Waals surface area contributed by atoms with Crippen molar-refractivity contribution in [2.75, 3.05) is 39.8 Å². The number of aromatic nitrogens is 2. The smallest absolute Gasteiger partial charge is 0.267 e. The van der Waals surface area contributed by atoms with Gasteiger partial charge in [0.25, 0.3) is 5.56 Å². The molecule has 2 aromatic rings. The Hall–Kier alpha value is -2.25. The van der Waals surface area contributed by atoms with Crippen molar-refractivity contribution in [1.82, 2.24) is 20.4 Å². The summed E-state index contributed by atoms with van der Waals surface area (Å²) in [6.07, 6.45) is 3.09. The second-order valence-electron chi connectivity index (χ2n) is 6.14. The lowest BCUT2D eigenvalue weighted by molar-refractivity contribution is 0.238. The highest BCUT2D eigenvalue weighted by Gasteiger charge is 2.14. The van der Waals surface area contributed by atoms with E-state index < -0.39 is 5.82 Å². The van der Waals surface area contributed by atoms with Crippen LogP contribution in [-0.2, 0) is 6.42 Å². The zero-order valence-electron chi connectivity index (χ0n) is 14.3. The number of nitrogens with zero attached hydrogens (tertiary/aromatic N) is 2. The van der Waals surface area contributed by atoms with Gasteiger partial charge in [0.2, 0.25) is 0 Å². The molecule has 0 spiro atoms. The highest BCUT2D eigenvalue weighted by atomic mass is 19.1. The quantitative estimate of drug-likeness (QED) is 0.828. The second kappa shape index (κ2) is 8.22. The van der Waals surface area contributed by atoms with Gasteiger partial charge in [-0.3, -0.25) is 4.79 Å². The lowest BCUT2D eigenvalue weighted by Gasteiger charge is -2.27. The molecule has 7 heteroatoms. The maximum Gasteiger partial charge on any atom is 0.267 e. The zero-order chi connectivity index (χ0) is 17.6. The molecule has 1 saturated heterocycles. The van der Waals surface area contributed by atoms with E-state index >= 15 is 0 Å². The summed E-state index contributed by atoms with van der Waals surface area (Å²) in [5.41, 5.74) is 1.74. The van der Waals surface area contributed by atoms with Crippen molar-refractivity contribution in [3.8, 4) is 16.9 Å². The molecule has 0 aliphatic carbocycles. The molecule has 1 aromatic carbocycles. The monoisotopic (exact) mass is 346 g/mol.